The van der Waals surface area contributed by atoms with E-state index in [1.54, 1.807) is 0 Å². The Morgan fingerprint density at radius 2 is 2.33 bits per heavy atom. The Morgan fingerprint density at radius 1 is 1.67 bits per heavy atom. The van der Waals surface area contributed by atoms with E-state index in [0.29, 0.717) is 12.8 Å². The molecule has 84 valence electrons. The molecule has 7 nitrogen and oxygen atoms in total. The molecule has 0 spiro atoms. The van der Waals surface area contributed by atoms with E-state index in [4.69, 9.17) is 5.73 Å². The van der Waals surface area contributed by atoms with E-state index in [9.17, 15) is 9.59 Å². The highest BCUT2D eigenvalue weighted by Gasteiger charge is 2.45. The lowest BCUT2D eigenvalue weighted by Gasteiger charge is -2.07. The summed E-state index contributed by atoms with van der Waals surface area (Å²) in [5, 5.41) is 5.95. The summed E-state index contributed by atoms with van der Waals surface area (Å²) >= 11 is 0. The highest BCUT2D eigenvalue weighted by Crippen LogP contribution is 2.32. The fraction of sp³-hybridized carbons (Fsp3) is 0.571. The molecule has 1 aromatic heterocycles. The number of aromatic amines is 1. The first kappa shape index (κ1) is 11.7. The minimum Gasteiger partial charge on any atom is -0.347 e. The first-order chi connectivity index (χ1) is 6.60. The van der Waals surface area contributed by atoms with Gasteiger partial charge in [-0.3, -0.25) is 14.3 Å². The maximum Gasteiger partial charge on any atom is 0.438 e. The molecule has 0 saturated heterocycles. The lowest BCUT2D eigenvalue weighted by Crippen LogP contribution is -2.42. The second-order valence-electron chi connectivity index (χ2n) is 3.38. The smallest absolute Gasteiger partial charge is 0.347 e. The molecule has 1 fully saturated rings. The van der Waals surface area contributed by atoms with Gasteiger partial charge in [0.2, 0.25) is 5.91 Å². The third kappa shape index (κ3) is 2.57. The number of amides is 1. The Morgan fingerprint density at radius 3 is 2.80 bits per heavy atom. The number of H-pyrrole nitrogens is 1. The molecule has 0 bridgehead atoms. The van der Waals surface area contributed by atoms with Crippen LogP contribution in [0.25, 0.3) is 0 Å². The highest BCUT2D eigenvalue weighted by atomic mass is 35.5. The van der Waals surface area contributed by atoms with Crippen LogP contribution in [0.1, 0.15) is 18.7 Å². The lowest BCUT2D eigenvalue weighted by atomic mass is 10.3. The topological polar surface area (TPSA) is 114 Å². The Bertz CT molecular complexity index is 408. The molecule has 0 aromatic carbocycles. The molecule has 1 amide bonds. The Kier molecular flexibility index (Phi) is 3.15. The molecule has 4 N–H and O–H groups in total. The van der Waals surface area contributed by atoms with E-state index in [0.717, 1.165) is 0 Å². The quantitative estimate of drug-likeness (QED) is 0.614. The summed E-state index contributed by atoms with van der Waals surface area (Å²) in [4.78, 5) is 24.2. The number of nitrogens with one attached hydrogen (secondary N) is 2. The van der Waals surface area contributed by atoms with Crippen LogP contribution in [0.2, 0.25) is 0 Å². The number of carbonyl (C=O) groups is 1. The van der Waals surface area contributed by atoms with Gasteiger partial charge in [-0.05, 0) is 12.8 Å². The zero-order valence-corrected chi connectivity index (χ0v) is 8.60. The van der Waals surface area contributed by atoms with Gasteiger partial charge in [-0.15, -0.1) is 12.4 Å². The predicted molar refractivity (Wildman–Crippen MR) is 52.4 cm³/mol. The molecule has 2 rings (SSSR count). The Labute approximate surface area is 90.8 Å². The van der Waals surface area contributed by atoms with Crippen molar-refractivity contribution in [1.82, 2.24) is 15.5 Å². The number of nitrogens with two attached hydrogens (primary N) is 1. The molecule has 0 atom stereocenters. The molecule has 1 aliphatic rings. The van der Waals surface area contributed by atoms with Crippen molar-refractivity contribution in [2.24, 2.45) is 5.73 Å². The van der Waals surface area contributed by atoms with Crippen LogP contribution < -0.4 is 16.8 Å². The van der Waals surface area contributed by atoms with Crippen LogP contribution in [0, 0.1) is 0 Å². The van der Waals surface area contributed by atoms with Crippen molar-refractivity contribution in [3.8, 4) is 0 Å². The molecule has 0 radical (unpaired) electrons. The number of carbonyl (C=O) groups excluding carboxylic acids is 1. The van der Waals surface area contributed by atoms with Gasteiger partial charge in [0.15, 0.2) is 5.82 Å². The van der Waals surface area contributed by atoms with Gasteiger partial charge in [-0.1, -0.05) is 5.16 Å². The number of aromatic nitrogens is 2. The van der Waals surface area contributed by atoms with Crippen molar-refractivity contribution in [3.05, 3.63) is 16.4 Å². The molecule has 0 unspecified atom stereocenters. The predicted octanol–water partition coefficient (Wildman–Crippen LogP) is -1.11. The van der Waals surface area contributed by atoms with Crippen molar-refractivity contribution in [1.29, 1.82) is 0 Å². The van der Waals surface area contributed by atoms with Crippen LogP contribution in [-0.4, -0.2) is 21.6 Å². The van der Waals surface area contributed by atoms with Crippen LogP contribution in [0.3, 0.4) is 0 Å². The fourth-order valence-corrected chi connectivity index (χ4v) is 1.04. The monoisotopic (exact) mass is 234 g/mol. The molecule has 0 aliphatic heterocycles. The van der Waals surface area contributed by atoms with Gasteiger partial charge in [0.05, 0.1) is 12.1 Å². The standard InChI is InChI=1S/C7H10N4O3.ClH/c8-7(1-2-7)5(12)9-3-4-10-6(13)14-11-4;/h1-3,8H2,(H,9,12)(H,10,11,13);1H. The summed E-state index contributed by atoms with van der Waals surface area (Å²) < 4.78 is 4.25. The van der Waals surface area contributed by atoms with Crippen LogP contribution in [0.4, 0.5) is 0 Å². The summed E-state index contributed by atoms with van der Waals surface area (Å²) in [6.45, 7) is 0.128. The van der Waals surface area contributed by atoms with Gasteiger partial charge >= 0.3 is 5.76 Å². The van der Waals surface area contributed by atoms with Crippen LogP contribution in [0.15, 0.2) is 9.32 Å². The van der Waals surface area contributed by atoms with E-state index >= 15 is 0 Å². The van der Waals surface area contributed by atoms with E-state index in [2.05, 4.69) is 20.0 Å². The second kappa shape index (κ2) is 4.03. The lowest BCUT2D eigenvalue weighted by molar-refractivity contribution is -0.123. The van der Waals surface area contributed by atoms with Gasteiger partial charge in [-0.2, -0.15) is 0 Å². The van der Waals surface area contributed by atoms with Crippen molar-refractivity contribution >= 4 is 18.3 Å². The number of hydrogen-bond acceptors (Lipinski definition) is 5. The molecule has 1 aliphatic carbocycles. The van der Waals surface area contributed by atoms with Gasteiger partial charge < -0.3 is 11.1 Å². The first-order valence-electron chi connectivity index (χ1n) is 4.22. The van der Waals surface area contributed by atoms with Crippen LogP contribution >= 0.6 is 12.4 Å². The third-order valence-electron chi connectivity index (χ3n) is 2.14. The van der Waals surface area contributed by atoms with E-state index in [1.807, 2.05) is 0 Å². The second-order valence-corrected chi connectivity index (χ2v) is 3.38. The zero-order chi connectivity index (χ0) is 10.2. The minimum absolute atomic E-state index is 0. The van der Waals surface area contributed by atoms with Crippen molar-refractivity contribution in [3.63, 3.8) is 0 Å². The Hall–Kier alpha value is -1.34. The number of rotatable bonds is 3. The summed E-state index contributed by atoms with van der Waals surface area (Å²) in [6, 6.07) is 0. The molecule has 8 heteroatoms. The summed E-state index contributed by atoms with van der Waals surface area (Å²) in [5.41, 5.74) is 4.93. The van der Waals surface area contributed by atoms with Crippen molar-refractivity contribution in [2.75, 3.05) is 0 Å². The largest absolute Gasteiger partial charge is 0.438 e. The van der Waals surface area contributed by atoms with Crippen molar-refractivity contribution < 1.29 is 9.32 Å². The summed E-state index contributed by atoms with van der Waals surface area (Å²) in [6.07, 6.45) is 1.41. The fourth-order valence-electron chi connectivity index (χ4n) is 1.04. The maximum atomic E-state index is 11.3. The number of nitrogens with zero attached hydrogens (tertiary/aromatic N) is 1. The molecular formula is C7H11ClN4O3. The molecule has 1 heterocycles. The van der Waals surface area contributed by atoms with Crippen LogP contribution in [0.5, 0.6) is 0 Å². The maximum absolute atomic E-state index is 11.3. The minimum atomic E-state index is -0.704. The Balaban J connectivity index is 0.00000112. The highest BCUT2D eigenvalue weighted by molar-refractivity contribution is 5.88. The van der Waals surface area contributed by atoms with E-state index in [1.165, 1.54) is 0 Å². The van der Waals surface area contributed by atoms with Crippen molar-refractivity contribution in [2.45, 2.75) is 24.9 Å². The third-order valence-corrected chi connectivity index (χ3v) is 2.14. The zero-order valence-electron chi connectivity index (χ0n) is 7.78. The molecule has 1 aromatic rings. The summed E-state index contributed by atoms with van der Waals surface area (Å²) in [7, 11) is 0. The SMILES string of the molecule is Cl.NC1(C(=O)NCc2noc(=O)[nH]2)CC1. The number of hydrogen-bond donors (Lipinski definition) is 3. The van der Waals surface area contributed by atoms with Gasteiger partial charge in [0, 0.05) is 0 Å². The molecule has 15 heavy (non-hydrogen) atoms. The average molecular weight is 235 g/mol. The van der Waals surface area contributed by atoms with Gasteiger partial charge in [0.25, 0.3) is 0 Å². The number of halogens is 1. The first-order valence-corrected chi connectivity index (χ1v) is 4.22. The van der Waals surface area contributed by atoms with Crippen LogP contribution in [-0.2, 0) is 11.3 Å². The van der Waals surface area contributed by atoms with E-state index in [-0.39, 0.29) is 30.7 Å². The summed E-state index contributed by atoms with van der Waals surface area (Å²) in [5.74, 6) is -0.572. The van der Waals surface area contributed by atoms with E-state index < -0.39 is 11.3 Å². The normalized spacial score (nSPS) is 16.6. The van der Waals surface area contributed by atoms with Gasteiger partial charge in [0.1, 0.15) is 0 Å². The molecule has 1 saturated carbocycles. The average Bonchev–Trinajstić information content (AvgIpc) is 2.76. The molecular weight excluding hydrogens is 224 g/mol. The van der Waals surface area contributed by atoms with Gasteiger partial charge in [-0.25, -0.2) is 4.79 Å².